The number of rotatable bonds is 7. The molecule has 9 heteroatoms. The quantitative estimate of drug-likeness (QED) is 0.520. The molecule has 0 unspecified atom stereocenters. The highest BCUT2D eigenvalue weighted by atomic mass is 32.1. The third kappa shape index (κ3) is 4.82. The minimum atomic E-state index is -1.02. The number of halogens is 2. The van der Waals surface area contributed by atoms with Crippen LogP contribution in [0.25, 0.3) is 0 Å². The molecule has 0 saturated heterocycles. The topological polar surface area (TPSA) is 84.3 Å². The van der Waals surface area contributed by atoms with E-state index in [1.807, 2.05) is 17.5 Å². The molecule has 162 valence electrons. The van der Waals surface area contributed by atoms with Crippen molar-refractivity contribution in [2.75, 3.05) is 5.32 Å². The number of thiazole rings is 1. The summed E-state index contributed by atoms with van der Waals surface area (Å²) in [5, 5.41) is 15.6. The zero-order valence-corrected chi connectivity index (χ0v) is 17.4. The second-order valence-corrected chi connectivity index (χ2v) is 8.50. The van der Waals surface area contributed by atoms with Gasteiger partial charge in [-0.05, 0) is 49.9 Å². The molecular weight excluding hydrogens is 424 g/mol. The van der Waals surface area contributed by atoms with Crippen molar-refractivity contribution >= 4 is 28.3 Å². The SMILES string of the molecule is O=C(O)C1(Cc2cccc(Nc3nccs3)n2)CCC(Oc2cccc(F)c2F)CC1. The largest absolute Gasteiger partial charge is 0.487 e. The fourth-order valence-electron chi connectivity index (χ4n) is 3.87. The molecule has 1 fully saturated rings. The Balaban J connectivity index is 1.43. The number of carbonyl (C=O) groups is 1. The highest BCUT2D eigenvalue weighted by Gasteiger charge is 2.43. The van der Waals surface area contributed by atoms with Crippen LogP contribution in [0.4, 0.5) is 19.7 Å². The van der Waals surface area contributed by atoms with Crippen molar-refractivity contribution < 1.29 is 23.4 Å². The zero-order valence-electron chi connectivity index (χ0n) is 16.6. The lowest BCUT2D eigenvalue weighted by Crippen LogP contribution is -2.40. The molecule has 1 aromatic carbocycles. The number of carboxylic acids is 1. The van der Waals surface area contributed by atoms with Gasteiger partial charge in [-0.15, -0.1) is 11.3 Å². The number of aliphatic carboxylic acids is 1. The lowest BCUT2D eigenvalue weighted by molar-refractivity contribution is -0.152. The van der Waals surface area contributed by atoms with Crippen LogP contribution >= 0.6 is 11.3 Å². The maximum atomic E-state index is 13.9. The Morgan fingerprint density at radius 2 is 2.00 bits per heavy atom. The Bertz CT molecular complexity index is 1050. The Kier molecular flexibility index (Phi) is 6.13. The average Bonchev–Trinajstić information content (AvgIpc) is 3.26. The first kappa shape index (κ1) is 21.2. The second kappa shape index (κ2) is 8.97. The molecule has 6 nitrogen and oxygen atoms in total. The van der Waals surface area contributed by atoms with Crippen LogP contribution < -0.4 is 10.1 Å². The van der Waals surface area contributed by atoms with Gasteiger partial charge in [-0.25, -0.2) is 14.4 Å². The number of aromatic nitrogens is 2. The lowest BCUT2D eigenvalue weighted by Gasteiger charge is -2.36. The first-order chi connectivity index (χ1) is 14.9. The molecule has 1 aliphatic carbocycles. The van der Waals surface area contributed by atoms with Crippen LogP contribution in [-0.4, -0.2) is 27.1 Å². The Labute approximate surface area is 181 Å². The molecule has 2 N–H and O–H groups in total. The first-order valence-electron chi connectivity index (χ1n) is 9.92. The highest BCUT2D eigenvalue weighted by Crippen LogP contribution is 2.41. The fourth-order valence-corrected chi connectivity index (χ4v) is 4.41. The minimum Gasteiger partial charge on any atom is -0.487 e. The molecule has 0 radical (unpaired) electrons. The summed E-state index contributed by atoms with van der Waals surface area (Å²) in [4.78, 5) is 20.9. The van der Waals surface area contributed by atoms with Crippen LogP contribution in [0.1, 0.15) is 31.4 Å². The number of nitrogens with zero attached hydrogens (tertiary/aromatic N) is 2. The van der Waals surface area contributed by atoms with E-state index in [-0.39, 0.29) is 18.3 Å². The van der Waals surface area contributed by atoms with E-state index in [0.717, 1.165) is 6.07 Å². The van der Waals surface area contributed by atoms with Gasteiger partial charge < -0.3 is 15.2 Å². The van der Waals surface area contributed by atoms with E-state index in [2.05, 4.69) is 15.3 Å². The molecule has 1 saturated carbocycles. The van der Waals surface area contributed by atoms with E-state index >= 15 is 0 Å². The van der Waals surface area contributed by atoms with Crippen molar-refractivity contribution in [2.45, 2.75) is 38.2 Å². The number of benzene rings is 1. The molecular formula is C22H21F2N3O3S. The summed E-state index contributed by atoms with van der Waals surface area (Å²) in [7, 11) is 0. The Morgan fingerprint density at radius 3 is 2.71 bits per heavy atom. The van der Waals surface area contributed by atoms with Crippen LogP contribution in [-0.2, 0) is 11.2 Å². The van der Waals surface area contributed by atoms with Crippen molar-refractivity contribution in [3.05, 3.63) is 65.3 Å². The molecule has 0 aliphatic heterocycles. The molecule has 0 atom stereocenters. The summed E-state index contributed by atoms with van der Waals surface area (Å²) in [6.07, 6.45) is 3.17. The van der Waals surface area contributed by atoms with Crippen molar-refractivity contribution in [3.8, 4) is 5.75 Å². The van der Waals surface area contributed by atoms with E-state index in [1.54, 1.807) is 12.3 Å². The predicted octanol–water partition coefficient (Wildman–Crippen LogP) is 5.20. The van der Waals surface area contributed by atoms with Gasteiger partial charge in [0.05, 0.1) is 11.5 Å². The van der Waals surface area contributed by atoms with Crippen molar-refractivity contribution in [1.82, 2.24) is 9.97 Å². The molecule has 4 rings (SSSR count). The maximum absolute atomic E-state index is 13.9. The van der Waals surface area contributed by atoms with Gasteiger partial charge >= 0.3 is 5.97 Å². The zero-order chi connectivity index (χ0) is 21.8. The third-order valence-electron chi connectivity index (χ3n) is 5.55. The number of hydrogen-bond acceptors (Lipinski definition) is 6. The van der Waals surface area contributed by atoms with Crippen LogP contribution in [0, 0.1) is 17.0 Å². The summed E-state index contributed by atoms with van der Waals surface area (Å²) in [5.41, 5.74) is -0.313. The molecule has 0 spiro atoms. The first-order valence-corrected chi connectivity index (χ1v) is 10.8. The summed E-state index contributed by atoms with van der Waals surface area (Å²) in [5.74, 6) is -2.41. The van der Waals surface area contributed by atoms with Crippen LogP contribution in [0.15, 0.2) is 48.0 Å². The number of ether oxygens (including phenoxy) is 1. The molecule has 1 aliphatic rings. The Hall–Kier alpha value is -3.07. The van der Waals surface area contributed by atoms with Gasteiger partial charge in [-0.3, -0.25) is 4.79 Å². The van der Waals surface area contributed by atoms with Gasteiger partial charge in [0, 0.05) is 23.7 Å². The average molecular weight is 445 g/mol. The van der Waals surface area contributed by atoms with E-state index in [0.29, 0.717) is 42.3 Å². The summed E-state index contributed by atoms with van der Waals surface area (Å²) < 4.78 is 32.9. The fraction of sp³-hybridized carbons (Fsp3) is 0.318. The van der Waals surface area contributed by atoms with Crippen LogP contribution in [0.2, 0.25) is 0 Å². The summed E-state index contributed by atoms with van der Waals surface area (Å²) in [6, 6.07) is 9.23. The molecule has 0 bridgehead atoms. The van der Waals surface area contributed by atoms with Gasteiger partial charge in [0.25, 0.3) is 0 Å². The molecule has 3 aromatic rings. The number of anilines is 2. The van der Waals surface area contributed by atoms with Gasteiger partial charge in [0.2, 0.25) is 5.82 Å². The van der Waals surface area contributed by atoms with Crippen molar-refractivity contribution in [1.29, 1.82) is 0 Å². The monoisotopic (exact) mass is 445 g/mol. The van der Waals surface area contributed by atoms with Crippen LogP contribution in [0.3, 0.4) is 0 Å². The highest BCUT2D eigenvalue weighted by molar-refractivity contribution is 7.13. The maximum Gasteiger partial charge on any atom is 0.310 e. The molecule has 0 amide bonds. The number of nitrogens with one attached hydrogen (secondary N) is 1. The van der Waals surface area contributed by atoms with Crippen molar-refractivity contribution in [2.24, 2.45) is 5.41 Å². The van der Waals surface area contributed by atoms with Crippen molar-refractivity contribution in [3.63, 3.8) is 0 Å². The van der Waals surface area contributed by atoms with Gasteiger partial charge in [0.1, 0.15) is 5.82 Å². The van der Waals surface area contributed by atoms with E-state index in [1.165, 1.54) is 23.5 Å². The molecule has 31 heavy (non-hydrogen) atoms. The van der Waals surface area contributed by atoms with E-state index in [4.69, 9.17) is 4.74 Å². The normalized spacial score (nSPS) is 20.9. The van der Waals surface area contributed by atoms with E-state index in [9.17, 15) is 18.7 Å². The number of hydrogen-bond donors (Lipinski definition) is 2. The number of pyridine rings is 1. The van der Waals surface area contributed by atoms with Crippen LogP contribution in [0.5, 0.6) is 5.75 Å². The van der Waals surface area contributed by atoms with Gasteiger partial charge in [-0.2, -0.15) is 4.39 Å². The predicted molar refractivity (Wildman–Crippen MR) is 113 cm³/mol. The second-order valence-electron chi connectivity index (χ2n) is 7.61. The summed E-state index contributed by atoms with van der Waals surface area (Å²) >= 11 is 1.45. The van der Waals surface area contributed by atoms with Gasteiger partial charge in [-0.1, -0.05) is 12.1 Å². The number of carboxylic acid groups (broad SMARTS) is 1. The Morgan fingerprint density at radius 1 is 1.23 bits per heavy atom. The molecule has 2 aromatic heterocycles. The molecule has 2 heterocycles. The van der Waals surface area contributed by atoms with Gasteiger partial charge in [0.15, 0.2) is 16.7 Å². The smallest absolute Gasteiger partial charge is 0.310 e. The standard InChI is InChI=1S/C22H21F2N3O3S/c23-16-4-2-5-17(19(16)24)30-15-7-9-22(10-8-15,20(28)29)13-14-3-1-6-18(26-14)27-21-25-11-12-31-21/h1-6,11-12,15H,7-10,13H2,(H,28,29)(H,25,26,27). The lowest BCUT2D eigenvalue weighted by atomic mass is 9.70. The third-order valence-corrected chi connectivity index (χ3v) is 6.24. The van der Waals surface area contributed by atoms with E-state index < -0.39 is 23.0 Å². The summed E-state index contributed by atoms with van der Waals surface area (Å²) in [6.45, 7) is 0. The minimum absolute atomic E-state index is 0.143.